The first-order valence-electron chi connectivity index (χ1n) is 12.4. The molecular weight excluding hydrogens is 416 g/mol. The summed E-state index contributed by atoms with van der Waals surface area (Å²) >= 11 is 0. The van der Waals surface area contributed by atoms with Gasteiger partial charge in [-0.2, -0.15) is 0 Å². The fourth-order valence-electron chi connectivity index (χ4n) is 4.98. The van der Waals surface area contributed by atoms with E-state index in [1.165, 1.54) is 4.57 Å². The molecule has 1 aliphatic heterocycles. The number of ketones is 1. The van der Waals surface area contributed by atoms with Crippen molar-refractivity contribution in [3.63, 3.8) is 0 Å². The second kappa shape index (κ2) is 7.22. The van der Waals surface area contributed by atoms with Crippen LogP contribution in [0.4, 0.5) is 0 Å². The molecule has 5 nitrogen and oxygen atoms in total. The highest BCUT2D eigenvalue weighted by Gasteiger charge is 2.43. The number of aliphatic hydroxyl groups is 1. The van der Waals surface area contributed by atoms with Gasteiger partial charge in [-0.1, -0.05) is 50.8 Å². The summed E-state index contributed by atoms with van der Waals surface area (Å²) in [5.74, 6) is -0.296. The number of aromatic nitrogens is 2. The highest BCUT2D eigenvalue weighted by atomic mass is 28.3. The molecule has 0 radical (unpaired) electrons. The summed E-state index contributed by atoms with van der Waals surface area (Å²) in [6.45, 7) is 6.53. The maximum absolute atomic E-state index is 13.7. The summed E-state index contributed by atoms with van der Waals surface area (Å²) < 4.78 is 19.4. The van der Waals surface area contributed by atoms with Crippen LogP contribution >= 0.6 is 0 Å². The average Bonchev–Trinajstić information content (AvgIpc) is 3.00. The lowest BCUT2D eigenvalue weighted by molar-refractivity contribution is -0.140. The van der Waals surface area contributed by atoms with E-state index in [2.05, 4.69) is 19.6 Å². The minimum absolute atomic E-state index is 0.0749. The molecule has 0 saturated carbocycles. The zero-order valence-corrected chi connectivity index (χ0v) is 20.1. The standard InChI is InChI=1S/C26H30N2O3Si/c1-5-26(31)20-14-22-24-19(15-28(22)25(30)18(20)10-11-23(26)29)16(12-13-32(2,3)4)17-8-6-7-9-21(17)27-24/h6-9,14,31H,5,10-13,15H2,1-4H3/t26-/m0/s1/i15D2. The summed E-state index contributed by atoms with van der Waals surface area (Å²) in [4.78, 5) is 31.2. The Labute approximate surface area is 191 Å². The van der Waals surface area contributed by atoms with Crippen molar-refractivity contribution in [2.24, 2.45) is 0 Å². The first kappa shape index (κ1) is 18.9. The predicted molar refractivity (Wildman–Crippen MR) is 130 cm³/mol. The van der Waals surface area contributed by atoms with Gasteiger partial charge in [0.2, 0.25) is 0 Å². The summed E-state index contributed by atoms with van der Waals surface area (Å²) in [6, 6.07) is 10.4. The highest BCUT2D eigenvalue weighted by molar-refractivity contribution is 6.76. The van der Waals surface area contributed by atoms with E-state index in [1.807, 2.05) is 24.3 Å². The molecule has 1 aliphatic carbocycles. The van der Waals surface area contributed by atoms with Crippen molar-refractivity contribution >= 4 is 24.8 Å². The van der Waals surface area contributed by atoms with Gasteiger partial charge in [0.05, 0.1) is 26.1 Å². The van der Waals surface area contributed by atoms with Gasteiger partial charge in [0, 0.05) is 36.6 Å². The van der Waals surface area contributed by atoms with Gasteiger partial charge >= 0.3 is 0 Å². The molecule has 3 heterocycles. The Morgan fingerprint density at radius 2 is 1.94 bits per heavy atom. The molecule has 0 bridgehead atoms. The maximum Gasteiger partial charge on any atom is 0.254 e. The van der Waals surface area contributed by atoms with E-state index >= 15 is 0 Å². The second-order valence-electron chi connectivity index (χ2n) is 10.2. The molecule has 1 N–H and O–H groups in total. The van der Waals surface area contributed by atoms with E-state index in [0.717, 1.165) is 22.5 Å². The average molecular weight is 449 g/mol. The Bertz CT molecular complexity index is 1420. The van der Waals surface area contributed by atoms with Crippen LogP contribution in [-0.2, 0) is 29.7 Å². The number of carbonyl (C=O) groups is 1. The van der Waals surface area contributed by atoms with Crippen LogP contribution in [0.25, 0.3) is 22.3 Å². The third-order valence-corrected chi connectivity index (χ3v) is 8.67. The fourth-order valence-corrected chi connectivity index (χ4v) is 5.98. The zero-order valence-electron chi connectivity index (χ0n) is 21.1. The predicted octanol–water partition coefficient (Wildman–Crippen LogP) is 4.42. The first-order chi connectivity index (χ1) is 15.9. The molecule has 1 atom stereocenters. The molecule has 0 spiro atoms. The number of Topliss-reactive ketones (excluding diaryl/α,β-unsaturated/α-hetero) is 1. The molecule has 166 valence electrons. The van der Waals surface area contributed by atoms with Gasteiger partial charge in [0.1, 0.15) is 5.60 Å². The molecule has 0 fully saturated rings. The van der Waals surface area contributed by atoms with Crippen LogP contribution in [0.5, 0.6) is 0 Å². The zero-order chi connectivity index (χ0) is 24.6. The van der Waals surface area contributed by atoms with Crippen LogP contribution in [0.3, 0.4) is 0 Å². The first-order valence-corrected chi connectivity index (χ1v) is 15.1. The Kier molecular flexibility index (Phi) is 4.27. The minimum Gasteiger partial charge on any atom is -0.377 e. The molecule has 3 aromatic rings. The van der Waals surface area contributed by atoms with Crippen molar-refractivity contribution in [3.8, 4) is 11.4 Å². The third-order valence-electron chi connectivity index (χ3n) is 6.92. The molecule has 2 aromatic heterocycles. The number of pyridine rings is 2. The number of hydrogen-bond donors (Lipinski definition) is 1. The van der Waals surface area contributed by atoms with E-state index in [1.54, 1.807) is 13.0 Å². The lowest BCUT2D eigenvalue weighted by Crippen LogP contribution is -2.43. The van der Waals surface area contributed by atoms with Gasteiger partial charge in [-0.3, -0.25) is 9.59 Å². The number of carbonyl (C=O) groups excluding carboxylic acids is 1. The van der Waals surface area contributed by atoms with Crippen molar-refractivity contribution < 1.29 is 12.6 Å². The molecule has 0 amide bonds. The van der Waals surface area contributed by atoms with Crippen LogP contribution in [0.1, 0.15) is 44.8 Å². The van der Waals surface area contributed by atoms with Crippen molar-refractivity contribution in [1.29, 1.82) is 0 Å². The van der Waals surface area contributed by atoms with Crippen molar-refractivity contribution in [1.82, 2.24) is 9.55 Å². The van der Waals surface area contributed by atoms with Crippen LogP contribution in [0, 0.1) is 0 Å². The largest absolute Gasteiger partial charge is 0.377 e. The summed E-state index contributed by atoms with van der Waals surface area (Å²) in [6.07, 6.45) is 1.15. The van der Waals surface area contributed by atoms with Crippen molar-refractivity contribution in [2.45, 2.75) is 70.4 Å². The number of aryl methyl sites for hydroxylation is 1. The number of fused-ring (bicyclic) bond motifs is 5. The Morgan fingerprint density at radius 3 is 2.66 bits per heavy atom. The number of para-hydroxylation sites is 1. The maximum atomic E-state index is 13.7. The molecule has 0 unspecified atom stereocenters. The van der Waals surface area contributed by atoms with Gasteiger partial charge in [-0.25, -0.2) is 4.98 Å². The Morgan fingerprint density at radius 1 is 1.19 bits per heavy atom. The second-order valence-corrected chi connectivity index (χ2v) is 15.8. The minimum atomic E-state index is -2.08. The van der Waals surface area contributed by atoms with Crippen LogP contribution < -0.4 is 5.56 Å². The summed E-state index contributed by atoms with van der Waals surface area (Å²) in [7, 11) is -1.43. The van der Waals surface area contributed by atoms with Crippen molar-refractivity contribution in [2.75, 3.05) is 0 Å². The third kappa shape index (κ3) is 3.11. The van der Waals surface area contributed by atoms with E-state index in [4.69, 9.17) is 7.73 Å². The molecule has 0 saturated heterocycles. The van der Waals surface area contributed by atoms with Gasteiger partial charge < -0.3 is 9.67 Å². The normalized spacial score (nSPS) is 22.2. The summed E-state index contributed by atoms with van der Waals surface area (Å²) in [5, 5.41) is 12.1. The molecule has 32 heavy (non-hydrogen) atoms. The van der Waals surface area contributed by atoms with E-state index in [0.29, 0.717) is 34.5 Å². The van der Waals surface area contributed by atoms with Gasteiger partial charge in [-0.05, 0) is 37.0 Å². The van der Waals surface area contributed by atoms with Crippen LogP contribution in [0.15, 0.2) is 35.1 Å². The van der Waals surface area contributed by atoms with Gasteiger partial charge in [-0.15, -0.1) is 0 Å². The molecule has 2 aliphatic rings. The molecular formula is C26H30N2O3Si. The molecule has 6 heteroatoms. The van der Waals surface area contributed by atoms with Crippen LogP contribution in [0.2, 0.25) is 25.7 Å². The Hall–Kier alpha value is -2.57. The Balaban J connectivity index is 1.86. The number of benzene rings is 1. The molecule has 5 rings (SSSR count). The van der Waals surface area contributed by atoms with Gasteiger partial charge in [0.25, 0.3) is 5.56 Å². The smallest absolute Gasteiger partial charge is 0.254 e. The van der Waals surface area contributed by atoms with E-state index in [-0.39, 0.29) is 25.0 Å². The van der Waals surface area contributed by atoms with Gasteiger partial charge in [0.15, 0.2) is 5.78 Å². The van der Waals surface area contributed by atoms with Crippen molar-refractivity contribution in [3.05, 3.63) is 62.9 Å². The summed E-state index contributed by atoms with van der Waals surface area (Å²) in [5.41, 5.74) is 1.30. The molecule has 1 aromatic carbocycles. The lowest BCUT2D eigenvalue weighted by atomic mass is 9.77. The lowest BCUT2D eigenvalue weighted by Gasteiger charge is -2.32. The fraction of sp³-hybridized carbons (Fsp3) is 0.423. The highest BCUT2D eigenvalue weighted by Crippen LogP contribution is 2.41. The van der Waals surface area contributed by atoms with Crippen LogP contribution in [-0.4, -0.2) is 28.5 Å². The monoisotopic (exact) mass is 448 g/mol. The topological polar surface area (TPSA) is 72.2 Å². The van der Waals surface area contributed by atoms with E-state index < -0.39 is 25.7 Å². The SMILES string of the molecule is [2H]C1([2H])c2c(nc3ccccc3c2CC[Si](C)(C)C)-c2cc3c(c(=O)n21)CCC(=O)[C@]3(O)CC. The number of rotatable bonds is 4. The van der Waals surface area contributed by atoms with E-state index in [9.17, 15) is 14.7 Å². The number of hydrogen-bond acceptors (Lipinski definition) is 4. The quantitative estimate of drug-likeness (QED) is 0.600. The number of nitrogens with zero attached hydrogens (tertiary/aromatic N) is 2.